The Hall–Kier alpha value is -3.49. The average Bonchev–Trinajstić information content (AvgIpc) is 2.93. The van der Waals surface area contributed by atoms with Gasteiger partial charge in [0.05, 0.1) is 23.6 Å². The second-order valence-corrected chi connectivity index (χ2v) is 7.34. The number of hydrogen-bond acceptors (Lipinski definition) is 6. The van der Waals surface area contributed by atoms with Crippen molar-refractivity contribution in [3.8, 4) is 11.4 Å². The van der Waals surface area contributed by atoms with E-state index in [0.717, 1.165) is 31.7 Å². The topological polar surface area (TPSA) is 102 Å². The summed E-state index contributed by atoms with van der Waals surface area (Å²) in [5, 5.41) is 7.19. The minimum Gasteiger partial charge on any atom is -0.396 e. The van der Waals surface area contributed by atoms with Crippen LogP contribution < -0.4 is 16.0 Å². The second kappa shape index (κ2) is 8.48. The van der Waals surface area contributed by atoms with Crippen LogP contribution in [0.2, 0.25) is 0 Å². The molecule has 1 amide bonds. The van der Waals surface area contributed by atoms with E-state index in [4.69, 9.17) is 5.73 Å². The quantitative estimate of drug-likeness (QED) is 0.686. The third-order valence-corrected chi connectivity index (χ3v) is 5.21. The maximum atomic E-state index is 14.1. The Balaban J connectivity index is 1.62. The molecule has 2 aromatic heterocycles. The van der Waals surface area contributed by atoms with Crippen molar-refractivity contribution in [2.45, 2.75) is 25.7 Å². The van der Waals surface area contributed by atoms with E-state index in [0.29, 0.717) is 5.69 Å². The number of nitrogens with one attached hydrogen (secondary N) is 1. The van der Waals surface area contributed by atoms with Crippen LogP contribution in [0.1, 0.15) is 36.2 Å². The molecule has 9 heteroatoms. The van der Waals surface area contributed by atoms with Crippen molar-refractivity contribution >= 4 is 23.1 Å². The molecule has 1 aliphatic heterocycles. The number of amides is 1. The highest BCUT2D eigenvalue weighted by molar-refractivity contribution is 6.07. The van der Waals surface area contributed by atoms with Gasteiger partial charge in [-0.1, -0.05) is 25.0 Å². The number of halogens is 1. The van der Waals surface area contributed by atoms with Crippen molar-refractivity contribution in [3.05, 3.63) is 48.2 Å². The van der Waals surface area contributed by atoms with E-state index in [1.165, 1.54) is 25.1 Å². The monoisotopic (exact) mass is 409 g/mol. The summed E-state index contributed by atoms with van der Waals surface area (Å²) in [6.07, 6.45) is 7.54. The minimum atomic E-state index is -0.489. The largest absolute Gasteiger partial charge is 0.396 e. The molecule has 0 aliphatic carbocycles. The third kappa shape index (κ3) is 3.96. The number of rotatable bonds is 4. The van der Waals surface area contributed by atoms with Gasteiger partial charge in [0, 0.05) is 20.1 Å². The Bertz CT molecular complexity index is 1060. The van der Waals surface area contributed by atoms with Gasteiger partial charge < -0.3 is 16.0 Å². The zero-order valence-electron chi connectivity index (χ0n) is 16.8. The van der Waals surface area contributed by atoms with Crippen molar-refractivity contribution in [1.82, 2.24) is 19.7 Å². The van der Waals surface area contributed by atoms with Gasteiger partial charge in [-0.25, -0.2) is 14.4 Å². The van der Waals surface area contributed by atoms with E-state index in [9.17, 15) is 9.18 Å². The normalized spacial score (nSPS) is 14.4. The van der Waals surface area contributed by atoms with E-state index < -0.39 is 11.7 Å². The van der Waals surface area contributed by atoms with E-state index >= 15 is 0 Å². The number of carbonyl (C=O) groups is 1. The molecule has 3 aromatic rings. The summed E-state index contributed by atoms with van der Waals surface area (Å²) in [6, 6.07) is 6.14. The molecule has 3 N–H and O–H groups in total. The number of nitrogen functional groups attached to an aromatic ring is 1. The fourth-order valence-electron chi connectivity index (χ4n) is 3.70. The van der Waals surface area contributed by atoms with Crippen LogP contribution >= 0.6 is 0 Å². The van der Waals surface area contributed by atoms with Gasteiger partial charge in [-0.2, -0.15) is 5.10 Å². The van der Waals surface area contributed by atoms with Crippen LogP contribution in [-0.4, -0.2) is 38.7 Å². The first kappa shape index (κ1) is 19.8. The van der Waals surface area contributed by atoms with Crippen LogP contribution in [0.5, 0.6) is 0 Å². The smallest absolute Gasteiger partial charge is 0.276 e. The lowest BCUT2D eigenvalue weighted by molar-refractivity contribution is 0.102. The van der Waals surface area contributed by atoms with Crippen molar-refractivity contribution in [3.63, 3.8) is 0 Å². The SMILES string of the molecule is Cn1ncc(NC(=O)c2nc(-c3ccccc3F)ncc2N)c1N1CCCCCC1. The Morgan fingerprint density at radius 1 is 1.13 bits per heavy atom. The van der Waals surface area contributed by atoms with Crippen LogP contribution in [0.4, 0.5) is 21.6 Å². The molecule has 1 aromatic carbocycles. The van der Waals surface area contributed by atoms with Gasteiger partial charge in [0.25, 0.3) is 5.91 Å². The average molecular weight is 409 g/mol. The van der Waals surface area contributed by atoms with Gasteiger partial charge in [-0.05, 0) is 25.0 Å². The van der Waals surface area contributed by atoms with Crippen LogP contribution in [0.15, 0.2) is 36.7 Å². The molecule has 156 valence electrons. The second-order valence-electron chi connectivity index (χ2n) is 7.34. The predicted octanol–water partition coefficient (Wildman–Crippen LogP) is 3.23. The van der Waals surface area contributed by atoms with Crippen LogP contribution in [0, 0.1) is 5.82 Å². The zero-order chi connectivity index (χ0) is 21.1. The van der Waals surface area contributed by atoms with Crippen molar-refractivity contribution in [2.75, 3.05) is 29.0 Å². The molecule has 8 nitrogen and oxygen atoms in total. The highest BCUT2D eigenvalue weighted by atomic mass is 19.1. The van der Waals surface area contributed by atoms with Crippen molar-refractivity contribution in [1.29, 1.82) is 0 Å². The maximum Gasteiger partial charge on any atom is 0.276 e. The highest BCUT2D eigenvalue weighted by Gasteiger charge is 2.22. The highest BCUT2D eigenvalue weighted by Crippen LogP contribution is 2.28. The van der Waals surface area contributed by atoms with Gasteiger partial charge in [-0.3, -0.25) is 9.48 Å². The fraction of sp³-hybridized carbons (Fsp3) is 0.333. The van der Waals surface area contributed by atoms with Gasteiger partial charge in [0.2, 0.25) is 0 Å². The molecular formula is C21H24FN7O. The molecule has 0 bridgehead atoms. The molecule has 30 heavy (non-hydrogen) atoms. The standard InChI is InChI=1S/C21H24FN7O/c1-28-21(29-10-6-2-3-7-11-29)17(13-25-28)26-20(30)18-16(23)12-24-19(27-18)14-8-4-5-9-15(14)22/h4-5,8-9,12-13H,2-3,6-7,10-11,23H2,1H3,(H,26,30). The molecule has 4 rings (SSSR count). The molecule has 1 saturated heterocycles. The lowest BCUT2D eigenvalue weighted by Crippen LogP contribution is -2.27. The number of aromatic nitrogens is 4. The number of nitrogens with two attached hydrogens (primary N) is 1. The summed E-state index contributed by atoms with van der Waals surface area (Å²) in [4.78, 5) is 23.5. The van der Waals surface area contributed by atoms with Gasteiger partial charge >= 0.3 is 0 Å². The van der Waals surface area contributed by atoms with E-state index in [1.54, 1.807) is 29.1 Å². The van der Waals surface area contributed by atoms with E-state index in [1.807, 2.05) is 7.05 Å². The Morgan fingerprint density at radius 3 is 2.60 bits per heavy atom. The van der Waals surface area contributed by atoms with Crippen LogP contribution in [0.3, 0.4) is 0 Å². The summed E-state index contributed by atoms with van der Waals surface area (Å²) < 4.78 is 15.9. The van der Waals surface area contributed by atoms with Crippen molar-refractivity contribution < 1.29 is 9.18 Å². The minimum absolute atomic E-state index is 0.00563. The first-order chi connectivity index (χ1) is 14.5. The fourth-order valence-corrected chi connectivity index (χ4v) is 3.70. The first-order valence-corrected chi connectivity index (χ1v) is 10.0. The Labute approximate surface area is 173 Å². The molecule has 0 spiro atoms. The van der Waals surface area contributed by atoms with Crippen LogP contribution in [-0.2, 0) is 7.05 Å². The summed E-state index contributed by atoms with van der Waals surface area (Å²) in [7, 11) is 1.85. The number of aryl methyl sites for hydroxylation is 1. The maximum absolute atomic E-state index is 14.1. The summed E-state index contributed by atoms with van der Waals surface area (Å²) in [5.74, 6) is -0.000479. The van der Waals surface area contributed by atoms with E-state index in [2.05, 4.69) is 25.3 Å². The van der Waals surface area contributed by atoms with Gasteiger partial charge in [-0.15, -0.1) is 0 Å². The number of anilines is 3. The molecule has 1 aliphatic rings. The first-order valence-electron chi connectivity index (χ1n) is 10.0. The Morgan fingerprint density at radius 2 is 1.87 bits per heavy atom. The number of benzene rings is 1. The lowest BCUT2D eigenvalue weighted by Gasteiger charge is -2.24. The molecule has 1 fully saturated rings. The number of nitrogens with zero attached hydrogens (tertiary/aromatic N) is 5. The molecule has 0 radical (unpaired) electrons. The summed E-state index contributed by atoms with van der Waals surface area (Å²) in [6.45, 7) is 1.82. The predicted molar refractivity (Wildman–Crippen MR) is 114 cm³/mol. The van der Waals surface area contributed by atoms with Gasteiger partial charge in [0.15, 0.2) is 17.3 Å². The molecular weight excluding hydrogens is 385 g/mol. The summed E-state index contributed by atoms with van der Waals surface area (Å²) >= 11 is 0. The van der Waals surface area contributed by atoms with Gasteiger partial charge in [0.1, 0.15) is 11.5 Å². The number of hydrogen-bond donors (Lipinski definition) is 2. The summed E-state index contributed by atoms with van der Waals surface area (Å²) in [5.41, 5.74) is 6.87. The van der Waals surface area contributed by atoms with E-state index in [-0.39, 0.29) is 22.8 Å². The zero-order valence-corrected chi connectivity index (χ0v) is 16.8. The molecule has 0 saturated carbocycles. The lowest BCUT2D eigenvalue weighted by atomic mass is 10.2. The Kier molecular flexibility index (Phi) is 5.60. The third-order valence-electron chi connectivity index (χ3n) is 5.21. The molecule has 0 unspecified atom stereocenters. The van der Waals surface area contributed by atoms with Crippen LogP contribution in [0.25, 0.3) is 11.4 Å². The molecule has 0 atom stereocenters. The van der Waals surface area contributed by atoms with Crippen molar-refractivity contribution in [2.24, 2.45) is 7.05 Å². The number of carbonyl (C=O) groups excluding carboxylic acids is 1. The molecule has 3 heterocycles.